The van der Waals surface area contributed by atoms with Crippen LogP contribution in [0, 0.1) is 5.92 Å². The number of hydrogen-bond donors (Lipinski definition) is 1. The molecular weight excluding hydrogens is 194 g/mol. The predicted molar refractivity (Wildman–Crippen MR) is 71.5 cm³/mol. The van der Waals surface area contributed by atoms with Gasteiger partial charge in [-0.2, -0.15) is 0 Å². The predicted octanol–water partition coefficient (Wildman–Crippen LogP) is 4.25. The van der Waals surface area contributed by atoms with Gasteiger partial charge in [-0.05, 0) is 35.8 Å². The maximum atomic E-state index is 6.21. The lowest BCUT2D eigenvalue weighted by Gasteiger charge is -2.15. The van der Waals surface area contributed by atoms with Crippen LogP contribution in [-0.4, -0.2) is 0 Å². The summed E-state index contributed by atoms with van der Waals surface area (Å²) in [7, 11) is 0. The van der Waals surface area contributed by atoms with Crippen LogP contribution in [0.3, 0.4) is 0 Å². The Morgan fingerprint density at radius 2 is 1.62 bits per heavy atom. The second kappa shape index (κ2) is 6.05. The molecule has 0 aliphatic rings. The Kier molecular flexibility index (Phi) is 5.01. The molecule has 0 unspecified atom stereocenters. The van der Waals surface area contributed by atoms with Crippen LogP contribution in [0.15, 0.2) is 24.3 Å². The summed E-state index contributed by atoms with van der Waals surface area (Å²) in [4.78, 5) is 0. The summed E-state index contributed by atoms with van der Waals surface area (Å²) in [5.41, 5.74) is 8.88. The molecule has 16 heavy (non-hydrogen) atoms. The van der Waals surface area contributed by atoms with E-state index < -0.39 is 0 Å². The third-order valence-electron chi connectivity index (χ3n) is 3.06. The van der Waals surface area contributed by atoms with Gasteiger partial charge in [0.1, 0.15) is 0 Å². The highest BCUT2D eigenvalue weighted by Gasteiger charge is 2.08. The fourth-order valence-corrected chi connectivity index (χ4v) is 1.83. The van der Waals surface area contributed by atoms with E-state index in [1.165, 1.54) is 17.5 Å². The molecule has 0 aromatic heterocycles. The summed E-state index contributed by atoms with van der Waals surface area (Å²) < 4.78 is 0. The van der Waals surface area contributed by atoms with Gasteiger partial charge in [-0.3, -0.25) is 0 Å². The summed E-state index contributed by atoms with van der Waals surface area (Å²) >= 11 is 0. The number of hydrogen-bond acceptors (Lipinski definition) is 1. The fourth-order valence-electron chi connectivity index (χ4n) is 1.83. The van der Waals surface area contributed by atoms with Gasteiger partial charge in [0, 0.05) is 6.04 Å². The van der Waals surface area contributed by atoms with E-state index in [2.05, 4.69) is 52.0 Å². The summed E-state index contributed by atoms with van der Waals surface area (Å²) in [6.07, 6.45) is 2.28. The number of benzene rings is 1. The second-order valence-corrected chi connectivity index (χ2v) is 5.40. The maximum Gasteiger partial charge on any atom is 0.0295 e. The monoisotopic (exact) mass is 219 g/mol. The largest absolute Gasteiger partial charge is 0.324 e. The molecule has 0 amide bonds. The quantitative estimate of drug-likeness (QED) is 0.787. The molecule has 90 valence electrons. The molecule has 1 heteroatoms. The zero-order valence-corrected chi connectivity index (χ0v) is 11.0. The van der Waals surface area contributed by atoms with Gasteiger partial charge >= 0.3 is 0 Å². The average molecular weight is 219 g/mol. The lowest BCUT2D eigenvalue weighted by atomic mass is 9.94. The van der Waals surface area contributed by atoms with Gasteiger partial charge in [-0.25, -0.2) is 0 Å². The minimum absolute atomic E-state index is 0.195. The lowest BCUT2D eigenvalue weighted by Crippen LogP contribution is -2.11. The van der Waals surface area contributed by atoms with Crippen molar-refractivity contribution in [3.63, 3.8) is 0 Å². The van der Waals surface area contributed by atoms with Crippen molar-refractivity contribution >= 4 is 0 Å². The zero-order valence-electron chi connectivity index (χ0n) is 11.0. The van der Waals surface area contributed by atoms with Crippen molar-refractivity contribution in [1.82, 2.24) is 0 Å². The van der Waals surface area contributed by atoms with Crippen LogP contribution in [0.5, 0.6) is 0 Å². The highest BCUT2D eigenvalue weighted by atomic mass is 14.6. The zero-order chi connectivity index (χ0) is 12.1. The molecule has 0 bridgehead atoms. The van der Waals surface area contributed by atoms with E-state index in [0.29, 0.717) is 5.92 Å². The van der Waals surface area contributed by atoms with Crippen LogP contribution in [0.25, 0.3) is 0 Å². The van der Waals surface area contributed by atoms with E-state index in [1.807, 2.05) is 0 Å². The van der Waals surface area contributed by atoms with E-state index in [4.69, 9.17) is 5.73 Å². The average Bonchev–Trinajstić information content (AvgIpc) is 2.26. The smallest absolute Gasteiger partial charge is 0.0295 e. The summed E-state index contributed by atoms with van der Waals surface area (Å²) in [5, 5.41) is 0. The number of nitrogens with two attached hydrogens (primary N) is 1. The van der Waals surface area contributed by atoms with Crippen LogP contribution < -0.4 is 5.73 Å². The van der Waals surface area contributed by atoms with Gasteiger partial charge in [-0.1, -0.05) is 52.0 Å². The van der Waals surface area contributed by atoms with Crippen molar-refractivity contribution < 1.29 is 0 Å². The Morgan fingerprint density at radius 3 is 2.19 bits per heavy atom. The fraction of sp³-hybridized carbons (Fsp3) is 0.600. The van der Waals surface area contributed by atoms with Gasteiger partial charge < -0.3 is 5.73 Å². The van der Waals surface area contributed by atoms with Crippen molar-refractivity contribution in [3.8, 4) is 0 Å². The molecule has 0 saturated heterocycles. The molecule has 1 aromatic rings. The summed E-state index contributed by atoms with van der Waals surface area (Å²) in [6.45, 7) is 8.94. The van der Waals surface area contributed by atoms with E-state index >= 15 is 0 Å². The van der Waals surface area contributed by atoms with Crippen molar-refractivity contribution in [2.24, 2.45) is 11.7 Å². The molecule has 0 heterocycles. The highest BCUT2D eigenvalue weighted by molar-refractivity contribution is 5.27. The van der Waals surface area contributed by atoms with Gasteiger partial charge in [0.2, 0.25) is 0 Å². The minimum atomic E-state index is 0.195. The van der Waals surface area contributed by atoms with Gasteiger partial charge in [0.15, 0.2) is 0 Å². The molecule has 1 atom stereocenters. The van der Waals surface area contributed by atoms with E-state index in [9.17, 15) is 0 Å². The van der Waals surface area contributed by atoms with Gasteiger partial charge in [0.25, 0.3) is 0 Å². The second-order valence-electron chi connectivity index (χ2n) is 5.40. The van der Waals surface area contributed by atoms with Crippen molar-refractivity contribution in [2.75, 3.05) is 0 Å². The number of rotatable bonds is 5. The first-order valence-corrected chi connectivity index (χ1v) is 6.36. The van der Waals surface area contributed by atoms with Crippen molar-refractivity contribution in [1.29, 1.82) is 0 Å². The summed E-state index contributed by atoms with van der Waals surface area (Å²) in [5.74, 6) is 1.32. The van der Waals surface area contributed by atoms with Crippen LogP contribution >= 0.6 is 0 Å². The Morgan fingerprint density at radius 1 is 1.00 bits per heavy atom. The van der Waals surface area contributed by atoms with Crippen molar-refractivity contribution in [2.45, 2.75) is 52.5 Å². The topological polar surface area (TPSA) is 26.0 Å². The standard InChI is InChI=1S/C15H25N/c1-11(2)8-9-15(16)14-7-5-6-13(10-14)12(3)4/h5-7,10-12,15H,8-9,16H2,1-4H3/t15-/m1/s1. The van der Waals surface area contributed by atoms with Gasteiger partial charge in [0.05, 0.1) is 0 Å². The Hall–Kier alpha value is -0.820. The Bertz CT molecular complexity index is 315. The van der Waals surface area contributed by atoms with Crippen LogP contribution in [-0.2, 0) is 0 Å². The molecule has 0 spiro atoms. The first-order chi connectivity index (χ1) is 7.50. The Balaban J connectivity index is 2.68. The molecule has 0 aliphatic carbocycles. The van der Waals surface area contributed by atoms with Crippen LogP contribution in [0.2, 0.25) is 0 Å². The molecule has 0 radical (unpaired) electrons. The molecule has 1 aromatic carbocycles. The third kappa shape index (κ3) is 3.97. The molecular formula is C15H25N. The maximum absolute atomic E-state index is 6.21. The molecule has 1 rings (SSSR count). The first-order valence-electron chi connectivity index (χ1n) is 6.36. The van der Waals surface area contributed by atoms with E-state index in [0.717, 1.165) is 12.3 Å². The molecule has 1 nitrogen and oxygen atoms in total. The SMILES string of the molecule is CC(C)CC[C@@H](N)c1cccc(C(C)C)c1. The van der Waals surface area contributed by atoms with Gasteiger partial charge in [-0.15, -0.1) is 0 Å². The van der Waals surface area contributed by atoms with Crippen LogP contribution in [0.1, 0.15) is 63.6 Å². The molecule has 0 saturated carbocycles. The molecule has 2 N–H and O–H groups in total. The third-order valence-corrected chi connectivity index (χ3v) is 3.06. The first kappa shape index (κ1) is 13.2. The van der Waals surface area contributed by atoms with E-state index in [1.54, 1.807) is 0 Å². The van der Waals surface area contributed by atoms with Crippen molar-refractivity contribution in [3.05, 3.63) is 35.4 Å². The summed E-state index contributed by atoms with van der Waals surface area (Å²) in [6, 6.07) is 8.91. The molecule has 0 fully saturated rings. The Labute approximate surface area is 100 Å². The highest BCUT2D eigenvalue weighted by Crippen LogP contribution is 2.22. The lowest BCUT2D eigenvalue weighted by molar-refractivity contribution is 0.507. The molecule has 0 aliphatic heterocycles. The normalized spacial score (nSPS) is 13.4. The van der Waals surface area contributed by atoms with E-state index in [-0.39, 0.29) is 6.04 Å². The van der Waals surface area contributed by atoms with Crippen LogP contribution in [0.4, 0.5) is 0 Å². The minimum Gasteiger partial charge on any atom is -0.324 e.